The van der Waals surface area contributed by atoms with Gasteiger partial charge in [-0.1, -0.05) is 30.4 Å². The van der Waals surface area contributed by atoms with Crippen molar-refractivity contribution in [3.63, 3.8) is 0 Å². The van der Waals surface area contributed by atoms with Crippen LogP contribution in [0, 0.1) is 5.92 Å². The van der Waals surface area contributed by atoms with Gasteiger partial charge in [-0.3, -0.25) is 4.79 Å². The lowest BCUT2D eigenvalue weighted by Crippen LogP contribution is -2.18. The maximum absolute atomic E-state index is 11.0. The number of carbonyl (C=O) groups is 1. The van der Waals surface area contributed by atoms with Gasteiger partial charge in [0.1, 0.15) is 0 Å². The predicted octanol–water partition coefficient (Wildman–Crippen LogP) is 2.48. The van der Waals surface area contributed by atoms with Gasteiger partial charge in [0, 0.05) is 12.2 Å². The summed E-state index contributed by atoms with van der Waals surface area (Å²) in [6.07, 6.45) is 8.36. The van der Waals surface area contributed by atoms with Crippen LogP contribution in [0.15, 0.2) is 36.4 Å². The largest absolute Gasteiger partial charge is 0.385 e. The third-order valence-electron chi connectivity index (χ3n) is 3.34. The summed E-state index contributed by atoms with van der Waals surface area (Å²) in [6, 6.07) is 7.88. The average Bonchev–Trinajstić information content (AvgIpc) is 2.38. The van der Waals surface area contributed by atoms with Crippen LogP contribution in [-0.2, 0) is 11.2 Å². The Hall–Kier alpha value is -1.77. The fourth-order valence-corrected chi connectivity index (χ4v) is 2.33. The molecule has 1 aromatic rings. The van der Waals surface area contributed by atoms with Crippen molar-refractivity contribution in [3.8, 4) is 0 Å². The van der Waals surface area contributed by atoms with Crippen LogP contribution in [0.2, 0.25) is 0 Å². The van der Waals surface area contributed by atoms with Crippen LogP contribution in [0.4, 0.5) is 5.69 Å². The standard InChI is InChI=1S/C15H20N2O/c16-15(18)10-13-8-4-5-9-14(13)17-11-12-6-2-1-3-7-12/h1-2,4-5,8-9,12,17H,3,6-7,10-11H2,(H2,16,18). The summed E-state index contributed by atoms with van der Waals surface area (Å²) >= 11 is 0. The van der Waals surface area contributed by atoms with Crippen molar-refractivity contribution in [1.82, 2.24) is 0 Å². The Morgan fingerprint density at radius 2 is 2.17 bits per heavy atom. The molecule has 1 unspecified atom stereocenters. The van der Waals surface area contributed by atoms with Crippen LogP contribution in [-0.4, -0.2) is 12.5 Å². The molecule has 1 aromatic carbocycles. The number of allylic oxidation sites excluding steroid dienone is 2. The molecular formula is C15H20N2O. The summed E-state index contributed by atoms with van der Waals surface area (Å²) in [4.78, 5) is 11.0. The van der Waals surface area contributed by atoms with Gasteiger partial charge in [-0.15, -0.1) is 0 Å². The Balaban J connectivity index is 1.95. The van der Waals surface area contributed by atoms with E-state index in [1.54, 1.807) is 0 Å². The summed E-state index contributed by atoms with van der Waals surface area (Å²) in [5.41, 5.74) is 7.27. The number of primary amides is 1. The molecule has 96 valence electrons. The second-order valence-corrected chi connectivity index (χ2v) is 4.83. The van der Waals surface area contributed by atoms with Gasteiger partial charge in [0.05, 0.1) is 6.42 Å². The number of hydrogen-bond donors (Lipinski definition) is 2. The Bertz CT molecular complexity index is 440. The SMILES string of the molecule is NC(=O)Cc1ccccc1NCC1CC=CCC1. The van der Waals surface area contributed by atoms with E-state index in [0.29, 0.717) is 12.3 Å². The fraction of sp³-hybridized carbons (Fsp3) is 0.400. The molecule has 0 radical (unpaired) electrons. The normalized spacial score (nSPS) is 18.6. The third kappa shape index (κ3) is 3.62. The van der Waals surface area contributed by atoms with Gasteiger partial charge < -0.3 is 11.1 Å². The molecule has 0 saturated heterocycles. The number of rotatable bonds is 5. The molecule has 3 heteroatoms. The summed E-state index contributed by atoms with van der Waals surface area (Å²) in [5.74, 6) is 0.404. The van der Waals surface area contributed by atoms with E-state index in [1.165, 1.54) is 12.8 Å². The maximum Gasteiger partial charge on any atom is 0.221 e. The minimum absolute atomic E-state index is 0.287. The van der Waals surface area contributed by atoms with Gasteiger partial charge in [-0.2, -0.15) is 0 Å². The lowest BCUT2D eigenvalue weighted by molar-refractivity contribution is -0.117. The van der Waals surface area contributed by atoms with Crippen LogP contribution < -0.4 is 11.1 Å². The fourth-order valence-electron chi connectivity index (χ4n) is 2.33. The van der Waals surface area contributed by atoms with Crippen molar-refractivity contribution in [3.05, 3.63) is 42.0 Å². The molecule has 0 spiro atoms. The highest BCUT2D eigenvalue weighted by atomic mass is 16.1. The molecule has 1 atom stereocenters. The first-order valence-corrected chi connectivity index (χ1v) is 6.51. The Morgan fingerprint density at radius 3 is 2.89 bits per heavy atom. The van der Waals surface area contributed by atoms with Gasteiger partial charge in [0.2, 0.25) is 5.91 Å². The Labute approximate surface area is 108 Å². The topological polar surface area (TPSA) is 55.1 Å². The van der Waals surface area contributed by atoms with Gasteiger partial charge in [0.15, 0.2) is 0 Å². The zero-order chi connectivity index (χ0) is 12.8. The number of anilines is 1. The molecule has 0 aliphatic heterocycles. The predicted molar refractivity (Wildman–Crippen MR) is 74.3 cm³/mol. The van der Waals surface area contributed by atoms with E-state index in [0.717, 1.165) is 24.2 Å². The van der Waals surface area contributed by atoms with Crippen molar-refractivity contribution in [2.45, 2.75) is 25.7 Å². The van der Waals surface area contributed by atoms with Crippen molar-refractivity contribution in [2.75, 3.05) is 11.9 Å². The van der Waals surface area contributed by atoms with Crippen LogP contribution in [0.1, 0.15) is 24.8 Å². The molecule has 0 bridgehead atoms. The number of para-hydroxylation sites is 1. The quantitative estimate of drug-likeness (QED) is 0.782. The lowest BCUT2D eigenvalue weighted by Gasteiger charge is -2.20. The van der Waals surface area contributed by atoms with Crippen molar-refractivity contribution < 1.29 is 4.79 Å². The molecule has 1 amide bonds. The molecule has 0 fully saturated rings. The molecule has 0 saturated carbocycles. The van der Waals surface area contributed by atoms with E-state index in [-0.39, 0.29) is 5.91 Å². The van der Waals surface area contributed by atoms with E-state index >= 15 is 0 Å². The van der Waals surface area contributed by atoms with E-state index in [1.807, 2.05) is 24.3 Å². The van der Waals surface area contributed by atoms with Gasteiger partial charge >= 0.3 is 0 Å². The number of nitrogens with two attached hydrogens (primary N) is 1. The number of hydrogen-bond acceptors (Lipinski definition) is 2. The first-order valence-electron chi connectivity index (χ1n) is 6.51. The minimum atomic E-state index is -0.287. The highest BCUT2D eigenvalue weighted by Crippen LogP contribution is 2.21. The molecule has 1 aliphatic carbocycles. The summed E-state index contributed by atoms with van der Waals surface area (Å²) in [5, 5.41) is 3.45. The first-order chi connectivity index (χ1) is 8.75. The second-order valence-electron chi connectivity index (χ2n) is 4.83. The van der Waals surface area contributed by atoms with Gasteiger partial charge in [-0.05, 0) is 36.8 Å². The van der Waals surface area contributed by atoms with Crippen LogP contribution in [0.25, 0.3) is 0 Å². The molecule has 3 nitrogen and oxygen atoms in total. The van der Waals surface area contributed by atoms with E-state index in [2.05, 4.69) is 17.5 Å². The number of carbonyl (C=O) groups excluding carboxylic acids is 1. The maximum atomic E-state index is 11.0. The minimum Gasteiger partial charge on any atom is -0.385 e. The summed E-state index contributed by atoms with van der Waals surface area (Å²) in [6.45, 7) is 0.958. The van der Waals surface area contributed by atoms with Crippen molar-refractivity contribution in [2.24, 2.45) is 11.7 Å². The van der Waals surface area contributed by atoms with Gasteiger partial charge in [-0.25, -0.2) is 0 Å². The number of nitrogens with one attached hydrogen (secondary N) is 1. The van der Waals surface area contributed by atoms with Crippen LogP contribution >= 0.6 is 0 Å². The Kier molecular flexibility index (Phi) is 4.40. The smallest absolute Gasteiger partial charge is 0.221 e. The average molecular weight is 244 g/mol. The number of amides is 1. The molecule has 2 rings (SSSR count). The van der Waals surface area contributed by atoms with E-state index < -0.39 is 0 Å². The molecule has 0 aromatic heterocycles. The molecule has 0 heterocycles. The van der Waals surface area contributed by atoms with Gasteiger partial charge in [0.25, 0.3) is 0 Å². The summed E-state index contributed by atoms with van der Waals surface area (Å²) < 4.78 is 0. The zero-order valence-electron chi connectivity index (χ0n) is 10.6. The number of benzene rings is 1. The van der Waals surface area contributed by atoms with Crippen molar-refractivity contribution >= 4 is 11.6 Å². The van der Waals surface area contributed by atoms with E-state index in [4.69, 9.17) is 5.73 Å². The summed E-state index contributed by atoms with van der Waals surface area (Å²) in [7, 11) is 0. The Morgan fingerprint density at radius 1 is 1.33 bits per heavy atom. The lowest BCUT2D eigenvalue weighted by atomic mass is 9.94. The highest BCUT2D eigenvalue weighted by molar-refractivity contribution is 5.78. The molecular weight excluding hydrogens is 224 g/mol. The highest BCUT2D eigenvalue weighted by Gasteiger charge is 2.11. The van der Waals surface area contributed by atoms with E-state index in [9.17, 15) is 4.79 Å². The molecule has 18 heavy (non-hydrogen) atoms. The second kappa shape index (κ2) is 6.24. The zero-order valence-corrected chi connectivity index (χ0v) is 10.6. The van der Waals surface area contributed by atoms with Crippen LogP contribution in [0.5, 0.6) is 0 Å². The van der Waals surface area contributed by atoms with Crippen molar-refractivity contribution in [1.29, 1.82) is 0 Å². The first kappa shape index (κ1) is 12.7. The van der Waals surface area contributed by atoms with Crippen LogP contribution in [0.3, 0.4) is 0 Å². The third-order valence-corrected chi connectivity index (χ3v) is 3.34. The molecule has 3 N–H and O–H groups in total. The molecule has 1 aliphatic rings. The monoisotopic (exact) mass is 244 g/mol.